The maximum Gasteiger partial charge on any atom is 0.323 e. The molecule has 2 saturated carbocycles. The summed E-state index contributed by atoms with van der Waals surface area (Å²) in [5, 5.41) is 6.89. The average molecular weight is 596 g/mol. The third-order valence-electron chi connectivity index (χ3n) is 7.54. The first kappa shape index (κ1) is 30.0. The normalized spacial score (nSPS) is 17.7. The zero-order valence-corrected chi connectivity index (χ0v) is 25.0. The fourth-order valence-corrected chi connectivity index (χ4v) is 7.77. The maximum absolute atomic E-state index is 13.0. The molecule has 0 unspecified atom stereocenters. The summed E-state index contributed by atoms with van der Waals surface area (Å²) in [6, 6.07) is 4.53. The monoisotopic (exact) mass is 595 g/mol. The number of nitrogens with one attached hydrogen (secondary N) is 2. The van der Waals surface area contributed by atoms with E-state index >= 15 is 0 Å². The number of sulfone groups is 1. The van der Waals surface area contributed by atoms with Crippen molar-refractivity contribution in [2.75, 3.05) is 18.1 Å². The number of halogens is 1. The highest BCUT2D eigenvalue weighted by atomic mass is 35.5. The van der Waals surface area contributed by atoms with Crippen LogP contribution in [0.3, 0.4) is 0 Å². The van der Waals surface area contributed by atoms with Gasteiger partial charge in [-0.3, -0.25) is 9.59 Å². The van der Waals surface area contributed by atoms with Crippen molar-refractivity contribution in [1.82, 2.24) is 10.3 Å². The number of esters is 1. The maximum atomic E-state index is 13.0. The lowest BCUT2D eigenvalue weighted by Gasteiger charge is -2.30. The predicted octanol–water partition coefficient (Wildman–Crippen LogP) is 5.92. The predicted molar refractivity (Wildman–Crippen MR) is 155 cm³/mol. The topological polar surface area (TPSA) is 114 Å². The molecule has 4 rings (SSSR count). The van der Waals surface area contributed by atoms with E-state index < -0.39 is 9.84 Å². The lowest BCUT2D eigenvalue weighted by atomic mass is 9.84. The van der Waals surface area contributed by atoms with Crippen molar-refractivity contribution in [2.24, 2.45) is 5.92 Å². The smallest absolute Gasteiger partial charge is 0.323 e. The standard InChI is InChI=1S/C28H38ClN3O5S2/c1-18-26(20-14-15-22(29)23(17-20)39(2,35)36)38-28(31-18)32-24(33)13-8-16-30-25(19-9-4-3-5-10-19)27(34)37-21-11-6-7-12-21/h14-15,17,19,21,25,30H,3-13,16H2,1-2H3,(H,31,32,33)/t25-/m0/s1. The van der Waals surface area contributed by atoms with Gasteiger partial charge in [0.05, 0.1) is 20.5 Å². The Balaban J connectivity index is 1.30. The molecule has 2 aliphatic carbocycles. The molecule has 11 heteroatoms. The van der Waals surface area contributed by atoms with Gasteiger partial charge in [-0.15, -0.1) is 0 Å². The van der Waals surface area contributed by atoms with Crippen molar-refractivity contribution < 1.29 is 22.7 Å². The Hall–Kier alpha value is -2.01. The van der Waals surface area contributed by atoms with Crippen LogP contribution in [0.2, 0.25) is 5.02 Å². The number of aryl methyl sites for hydroxylation is 1. The fraction of sp³-hybridized carbons (Fsp3) is 0.607. The molecule has 1 atom stereocenters. The van der Waals surface area contributed by atoms with Gasteiger partial charge in [0, 0.05) is 12.7 Å². The second kappa shape index (κ2) is 13.6. The van der Waals surface area contributed by atoms with Gasteiger partial charge in [0.25, 0.3) is 0 Å². The Morgan fingerprint density at radius 1 is 1.13 bits per heavy atom. The fourth-order valence-electron chi connectivity index (χ4n) is 5.49. The molecular weight excluding hydrogens is 558 g/mol. The van der Waals surface area contributed by atoms with Crippen molar-refractivity contribution >= 4 is 49.8 Å². The minimum atomic E-state index is -3.48. The van der Waals surface area contributed by atoms with Gasteiger partial charge in [-0.1, -0.05) is 48.3 Å². The summed E-state index contributed by atoms with van der Waals surface area (Å²) in [6.45, 7) is 2.37. The molecule has 39 heavy (non-hydrogen) atoms. The van der Waals surface area contributed by atoms with Gasteiger partial charge in [0.1, 0.15) is 12.1 Å². The molecule has 214 valence electrons. The molecule has 1 aromatic heterocycles. The quantitative estimate of drug-likeness (QED) is 0.245. The van der Waals surface area contributed by atoms with Gasteiger partial charge < -0.3 is 15.4 Å². The Kier molecular flexibility index (Phi) is 10.4. The van der Waals surface area contributed by atoms with E-state index in [9.17, 15) is 18.0 Å². The number of thiazole rings is 1. The summed E-state index contributed by atoms with van der Waals surface area (Å²) in [7, 11) is -3.48. The van der Waals surface area contributed by atoms with Gasteiger partial charge >= 0.3 is 5.97 Å². The zero-order chi connectivity index (χ0) is 28.0. The number of benzene rings is 1. The molecule has 1 aromatic carbocycles. The molecule has 0 aliphatic heterocycles. The Labute approximate surface area is 240 Å². The molecule has 0 radical (unpaired) electrons. The number of hydrogen-bond acceptors (Lipinski definition) is 8. The van der Waals surface area contributed by atoms with Crippen LogP contribution >= 0.6 is 22.9 Å². The minimum Gasteiger partial charge on any atom is -0.461 e. The minimum absolute atomic E-state index is 0.0497. The summed E-state index contributed by atoms with van der Waals surface area (Å²) in [6.07, 6.45) is 11.8. The zero-order valence-electron chi connectivity index (χ0n) is 22.6. The summed E-state index contributed by atoms with van der Waals surface area (Å²) >= 11 is 7.37. The Bertz CT molecular complexity index is 1270. The number of carbonyl (C=O) groups excluding carboxylic acids is 2. The largest absolute Gasteiger partial charge is 0.461 e. The first-order valence-corrected chi connectivity index (χ1v) is 16.9. The van der Waals surface area contributed by atoms with Crippen LogP contribution in [-0.2, 0) is 24.2 Å². The first-order valence-electron chi connectivity index (χ1n) is 13.8. The summed E-state index contributed by atoms with van der Waals surface area (Å²) in [5.74, 6) is -0.00711. The lowest BCUT2D eigenvalue weighted by molar-refractivity contribution is -0.153. The second-order valence-corrected chi connectivity index (χ2v) is 14.1. The molecule has 2 N–H and O–H groups in total. The summed E-state index contributed by atoms with van der Waals surface area (Å²) in [4.78, 5) is 30.9. The second-order valence-electron chi connectivity index (χ2n) is 10.7. The van der Waals surface area contributed by atoms with Crippen LogP contribution in [-0.4, -0.2) is 50.2 Å². The lowest BCUT2D eigenvalue weighted by Crippen LogP contribution is -2.46. The van der Waals surface area contributed by atoms with Crippen molar-refractivity contribution in [3.63, 3.8) is 0 Å². The van der Waals surface area contributed by atoms with Crippen LogP contribution in [0.1, 0.15) is 76.3 Å². The highest BCUT2D eigenvalue weighted by molar-refractivity contribution is 7.90. The van der Waals surface area contributed by atoms with Gasteiger partial charge in [0.15, 0.2) is 15.0 Å². The highest BCUT2D eigenvalue weighted by Crippen LogP contribution is 2.36. The molecular formula is C28H38ClN3O5S2. The van der Waals surface area contributed by atoms with Crippen molar-refractivity contribution in [2.45, 2.75) is 94.6 Å². The van der Waals surface area contributed by atoms with Crippen LogP contribution in [0.5, 0.6) is 0 Å². The molecule has 8 nitrogen and oxygen atoms in total. The van der Waals surface area contributed by atoms with E-state index in [2.05, 4.69) is 15.6 Å². The molecule has 0 saturated heterocycles. The number of amides is 1. The number of rotatable bonds is 11. The molecule has 2 fully saturated rings. The third kappa shape index (κ3) is 8.25. The molecule has 2 aromatic rings. The van der Waals surface area contributed by atoms with E-state index in [0.29, 0.717) is 29.4 Å². The van der Waals surface area contributed by atoms with E-state index in [-0.39, 0.29) is 46.3 Å². The Morgan fingerprint density at radius 2 is 1.82 bits per heavy atom. The number of ether oxygens (including phenoxy) is 1. The van der Waals surface area contributed by atoms with Crippen molar-refractivity contribution in [3.05, 3.63) is 28.9 Å². The van der Waals surface area contributed by atoms with Crippen LogP contribution in [0.15, 0.2) is 23.1 Å². The first-order chi connectivity index (χ1) is 18.6. The van der Waals surface area contributed by atoms with Crippen LogP contribution in [0.4, 0.5) is 5.13 Å². The number of nitrogens with zero attached hydrogens (tertiary/aromatic N) is 1. The Morgan fingerprint density at radius 3 is 2.51 bits per heavy atom. The molecule has 2 aliphatic rings. The number of anilines is 1. The van der Waals surface area contributed by atoms with E-state index in [1.807, 2.05) is 6.92 Å². The molecule has 1 amide bonds. The van der Waals surface area contributed by atoms with Crippen LogP contribution in [0, 0.1) is 12.8 Å². The summed E-state index contributed by atoms with van der Waals surface area (Å²) in [5.41, 5.74) is 1.37. The van der Waals surface area contributed by atoms with Gasteiger partial charge in [-0.05, 0) is 82.0 Å². The average Bonchev–Trinajstić information content (AvgIpc) is 3.53. The van der Waals surface area contributed by atoms with E-state index in [4.69, 9.17) is 16.3 Å². The van der Waals surface area contributed by atoms with E-state index in [1.165, 1.54) is 23.8 Å². The molecule has 0 bridgehead atoms. The number of carbonyl (C=O) groups is 2. The van der Waals surface area contributed by atoms with Crippen LogP contribution < -0.4 is 10.6 Å². The van der Waals surface area contributed by atoms with Gasteiger partial charge in [-0.25, -0.2) is 13.4 Å². The highest BCUT2D eigenvalue weighted by Gasteiger charge is 2.32. The molecule has 0 spiro atoms. The van der Waals surface area contributed by atoms with Gasteiger partial charge in [0.2, 0.25) is 5.91 Å². The summed E-state index contributed by atoms with van der Waals surface area (Å²) < 4.78 is 30.0. The SMILES string of the molecule is Cc1nc(NC(=O)CCCN[C@H](C(=O)OC2CCCC2)C2CCCCC2)sc1-c1ccc(Cl)c(S(C)(=O)=O)c1. The number of hydrogen-bond donors (Lipinski definition) is 2. The van der Waals surface area contributed by atoms with E-state index in [0.717, 1.165) is 62.5 Å². The number of aromatic nitrogens is 1. The van der Waals surface area contributed by atoms with Crippen LogP contribution in [0.25, 0.3) is 10.4 Å². The molecule has 1 heterocycles. The van der Waals surface area contributed by atoms with Crippen molar-refractivity contribution in [3.8, 4) is 10.4 Å². The van der Waals surface area contributed by atoms with Gasteiger partial charge in [-0.2, -0.15) is 0 Å². The van der Waals surface area contributed by atoms with E-state index in [1.54, 1.807) is 12.1 Å². The third-order valence-corrected chi connectivity index (χ3v) is 10.2. The van der Waals surface area contributed by atoms with Crippen molar-refractivity contribution in [1.29, 1.82) is 0 Å².